The first-order valence-corrected chi connectivity index (χ1v) is 4.88. The molecule has 3 N–H and O–H groups in total. The van der Waals surface area contributed by atoms with E-state index < -0.39 is 4.92 Å². The van der Waals surface area contributed by atoms with Gasteiger partial charge in [-0.1, -0.05) is 18.9 Å². The Hall–Kier alpha value is -1.43. The van der Waals surface area contributed by atoms with Crippen molar-refractivity contribution < 1.29 is 4.92 Å². The average molecular weight is 210 g/mol. The molecule has 6 nitrogen and oxygen atoms in total. The number of H-pyrrole nitrogens is 1. The molecule has 1 aromatic rings. The Morgan fingerprint density at radius 1 is 1.73 bits per heavy atom. The number of nitrogens with zero attached hydrogens (tertiary/aromatic N) is 2. The van der Waals surface area contributed by atoms with Gasteiger partial charge < -0.3 is 15.8 Å². The second-order valence-electron chi connectivity index (χ2n) is 4.57. The van der Waals surface area contributed by atoms with Gasteiger partial charge in [0.15, 0.2) is 0 Å². The molecular formula is C9H14N4O2. The van der Waals surface area contributed by atoms with Crippen LogP contribution in [0.3, 0.4) is 0 Å². The number of rotatable bonds is 3. The molecule has 1 aliphatic carbocycles. The molecule has 0 unspecified atom stereocenters. The highest BCUT2D eigenvalue weighted by Crippen LogP contribution is 2.64. The quantitative estimate of drug-likeness (QED) is 0.574. The first-order valence-electron chi connectivity index (χ1n) is 4.88. The summed E-state index contributed by atoms with van der Waals surface area (Å²) in [6.45, 7) is 4.71. The molecule has 2 atom stereocenters. The third-order valence-electron chi connectivity index (χ3n) is 3.47. The summed E-state index contributed by atoms with van der Waals surface area (Å²) in [5.74, 6) is 0.472. The van der Waals surface area contributed by atoms with Crippen LogP contribution in [0.5, 0.6) is 0 Å². The van der Waals surface area contributed by atoms with Crippen LogP contribution in [0.15, 0.2) is 6.20 Å². The van der Waals surface area contributed by atoms with Crippen molar-refractivity contribution in [3.05, 3.63) is 21.9 Å². The second-order valence-corrected chi connectivity index (χ2v) is 4.57. The van der Waals surface area contributed by atoms with Crippen molar-refractivity contribution >= 4 is 5.82 Å². The zero-order valence-electron chi connectivity index (χ0n) is 8.73. The molecule has 0 saturated heterocycles. The molecule has 0 amide bonds. The van der Waals surface area contributed by atoms with Crippen LogP contribution in [0.2, 0.25) is 0 Å². The Balaban J connectivity index is 2.33. The zero-order valence-corrected chi connectivity index (χ0v) is 8.73. The largest absolute Gasteiger partial charge is 0.358 e. The maximum absolute atomic E-state index is 10.7. The fraction of sp³-hybridized carbons (Fsp3) is 0.667. The minimum Gasteiger partial charge on any atom is -0.358 e. The van der Waals surface area contributed by atoms with Gasteiger partial charge in [0.1, 0.15) is 0 Å². The van der Waals surface area contributed by atoms with E-state index in [-0.39, 0.29) is 17.2 Å². The molecular weight excluding hydrogens is 196 g/mol. The molecule has 0 aromatic carbocycles. The van der Waals surface area contributed by atoms with Crippen molar-refractivity contribution in [2.45, 2.75) is 19.8 Å². The van der Waals surface area contributed by atoms with Crippen molar-refractivity contribution in [1.29, 1.82) is 0 Å². The van der Waals surface area contributed by atoms with E-state index in [4.69, 9.17) is 5.73 Å². The molecule has 82 valence electrons. The molecule has 1 heterocycles. The molecule has 6 heteroatoms. The number of hydrogen-bond acceptors (Lipinski definition) is 4. The zero-order chi connectivity index (χ0) is 11.2. The molecule has 15 heavy (non-hydrogen) atoms. The third-order valence-corrected chi connectivity index (χ3v) is 3.47. The van der Waals surface area contributed by atoms with E-state index in [0.717, 1.165) is 0 Å². The van der Waals surface area contributed by atoms with Crippen molar-refractivity contribution in [1.82, 2.24) is 10.2 Å². The average Bonchev–Trinajstić information content (AvgIpc) is 2.57. The van der Waals surface area contributed by atoms with Gasteiger partial charge in [0, 0.05) is 5.92 Å². The van der Waals surface area contributed by atoms with E-state index in [2.05, 4.69) is 24.0 Å². The number of aromatic nitrogens is 2. The highest BCUT2D eigenvalue weighted by molar-refractivity contribution is 5.41. The van der Waals surface area contributed by atoms with E-state index in [9.17, 15) is 10.1 Å². The Bertz CT molecular complexity index is 399. The molecule has 0 bridgehead atoms. The second kappa shape index (κ2) is 3.03. The molecule has 1 aromatic heterocycles. The van der Waals surface area contributed by atoms with Crippen LogP contribution >= 0.6 is 0 Å². The summed E-state index contributed by atoms with van der Waals surface area (Å²) < 4.78 is 0. The number of hydrogen-bond donors (Lipinski definition) is 2. The smallest absolute Gasteiger partial charge is 0.346 e. The van der Waals surface area contributed by atoms with Gasteiger partial charge >= 0.3 is 5.82 Å². The van der Waals surface area contributed by atoms with Gasteiger partial charge in [-0.25, -0.2) is 0 Å². The van der Waals surface area contributed by atoms with E-state index >= 15 is 0 Å². The van der Waals surface area contributed by atoms with Gasteiger partial charge in [0.25, 0.3) is 0 Å². The Kier molecular flexibility index (Phi) is 2.04. The normalized spacial score (nSPS) is 27.7. The van der Waals surface area contributed by atoms with Crippen molar-refractivity contribution in [2.24, 2.45) is 17.1 Å². The molecule has 0 aliphatic heterocycles. The summed E-state index contributed by atoms with van der Waals surface area (Å²) in [5, 5.41) is 16.9. The van der Waals surface area contributed by atoms with Crippen LogP contribution in [0.25, 0.3) is 0 Å². The third kappa shape index (κ3) is 1.32. The lowest BCUT2D eigenvalue weighted by Gasteiger charge is -1.99. The fourth-order valence-corrected chi connectivity index (χ4v) is 2.46. The summed E-state index contributed by atoms with van der Waals surface area (Å²) in [5.41, 5.74) is 6.36. The molecule has 0 spiro atoms. The van der Waals surface area contributed by atoms with Crippen molar-refractivity contribution in [3.8, 4) is 0 Å². The fourth-order valence-electron chi connectivity index (χ4n) is 2.46. The Morgan fingerprint density at radius 2 is 2.40 bits per heavy atom. The van der Waals surface area contributed by atoms with Crippen LogP contribution < -0.4 is 5.73 Å². The van der Waals surface area contributed by atoms with Gasteiger partial charge in [-0.05, 0) is 22.8 Å². The summed E-state index contributed by atoms with van der Waals surface area (Å²) in [7, 11) is 0. The minimum atomic E-state index is -0.426. The lowest BCUT2D eigenvalue weighted by Crippen LogP contribution is -2.05. The van der Waals surface area contributed by atoms with Crippen molar-refractivity contribution in [3.63, 3.8) is 0 Å². The van der Waals surface area contributed by atoms with Gasteiger partial charge in [0.2, 0.25) is 0 Å². The first kappa shape index (κ1) is 10.1. The topological polar surface area (TPSA) is 97.8 Å². The first-order chi connectivity index (χ1) is 7.00. The highest BCUT2D eigenvalue weighted by atomic mass is 16.6. The van der Waals surface area contributed by atoms with Gasteiger partial charge in [-0.3, -0.25) is 0 Å². The monoisotopic (exact) mass is 210 g/mol. The summed E-state index contributed by atoms with van der Waals surface area (Å²) in [4.78, 5) is 10.3. The maximum atomic E-state index is 10.7. The predicted octanol–water partition coefficient (Wildman–Crippen LogP) is 1.02. The number of nitro groups is 1. The molecule has 2 rings (SSSR count). The van der Waals surface area contributed by atoms with Gasteiger partial charge in [0.05, 0.1) is 11.8 Å². The van der Waals surface area contributed by atoms with Crippen LogP contribution in [0.4, 0.5) is 5.82 Å². The maximum Gasteiger partial charge on any atom is 0.346 e. The summed E-state index contributed by atoms with van der Waals surface area (Å²) in [6, 6.07) is 0. The Labute approximate surface area is 87.0 Å². The Morgan fingerprint density at radius 3 is 2.87 bits per heavy atom. The molecule has 1 fully saturated rings. The molecule has 0 radical (unpaired) electrons. The van der Waals surface area contributed by atoms with Crippen molar-refractivity contribution in [2.75, 3.05) is 6.54 Å². The molecule has 1 aliphatic rings. The van der Waals surface area contributed by atoms with Gasteiger partial charge in [-0.2, -0.15) is 0 Å². The number of nitrogens with one attached hydrogen (secondary N) is 1. The highest BCUT2D eigenvalue weighted by Gasteiger charge is 2.59. The van der Waals surface area contributed by atoms with Crippen LogP contribution in [0.1, 0.15) is 25.3 Å². The van der Waals surface area contributed by atoms with Crippen LogP contribution in [-0.4, -0.2) is 21.7 Å². The standard InChI is InChI=1S/C9H14N4O2/c1-9(2)6(3-10)7(9)5-4-11-12-8(5)13(14)15/h4,6-7H,3,10H2,1-2H3,(H,11,12)/t6-,7-/m1/s1. The van der Waals surface area contributed by atoms with E-state index in [1.807, 2.05) is 0 Å². The number of aromatic amines is 1. The number of nitrogens with two attached hydrogens (primary N) is 1. The van der Waals surface area contributed by atoms with E-state index in [0.29, 0.717) is 18.0 Å². The SMILES string of the molecule is CC1(C)[C@H](CN)[C@H]1c1cn[nH]c1[N+](=O)[O-]. The molecule has 1 saturated carbocycles. The van der Waals surface area contributed by atoms with Crippen LogP contribution in [-0.2, 0) is 0 Å². The lowest BCUT2D eigenvalue weighted by atomic mass is 10.1. The summed E-state index contributed by atoms with van der Waals surface area (Å²) >= 11 is 0. The minimum absolute atomic E-state index is 0.00373. The van der Waals surface area contributed by atoms with Crippen LogP contribution in [0, 0.1) is 21.4 Å². The van der Waals surface area contributed by atoms with Gasteiger partial charge in [-0.15, -0.1) is 5.10 Å². The summed E-state index contributed by atoms with van der Waals surface area (Å²) in [6.07, 6.45) is 1.54. The predicted molar refractivity (Wildman–Crippen MR) is 54.3 cm³/mol. The van der Waals surface area contributed by atoms with E-state index in [1.54, 1.807) is 6.20 Å². The van der Waals surface area contributed by atoms with E-state index in [1.165, 1.54) is 0 Å². The lowest BCUT2D eigenvalue weighted by molar-refractivity contribution is -0.390.